The van der Waals surface area contributed by atoms with Crippen molar-refractivity contribution in [2.45, 2.75) is 39.3 Å². The highest BCUT2D eigenvalue weighted by molar-refractivity contribution is 5.87. The second kappa shape index (κ2) is 9.78. The first kappa shape index (κ1) is 18.0. The number of hydrogen-bond acceptors (Lipinski definition) is 3. The monoisotopic (exact) mass is 308 g/mol. The van der Waals surface area contributed by atoms with Crippen LogP contribution < -0.4 is 10.6 Å². The van der Waals surface area contributed by atoms with Crippen LogP contribution in [0.3, 0.4) is 0 Å². The summed E-state index contributed by atoms with van der Waals surface area (Å²) in [6.45, 7) is 5.66. The van der Waals surface area contributed by atoms with E-state index >= 15 is 0 Å². The fourth-order valence-electron chi connectivity index (χ4n) is 1.76. The normalized spacial score (nSPS) is 10.5. The van der Waals surface area contributed by atoms with E-state index in [2.05, 4.69) is 10.6 Å². The summed E-state index contributed by atoms with van der Waals surface area (Å²) in [6.07, 6.45) is 2.02. The Morgan fingerprint density at radius 1 is 1.14 bits per heavy atom. The van der Waals surface area contributed by atoms with Gasteiger partial charge in [0, 0.05) is 19.7 Å². The Hall–Kier alpha value is -2.08. The van der Waals surface area contributed by atoms with Gasteiger partial charge in [-0.25, -0.2) is 9.59 Å². The summed E-state index contributed by atoms with van der Waals surface area (Å²) in [6, 6.07) is 6.19. The fourth-order valence-corrected chi connectivity index (χ4v) is 1.76. The quantitative estimate of drug-likeness (QED) is 0.611. The number of unbranched alkanes of at least 4 members (excludes halogenated alkanes) is 1. The molecule has 0 spiro atoms. The van der Waals surface area contributed by atoms with Gasteiger partial charge in [0.15, 0.2) is 0 Å². The molecule has 0 atom stereocenters. The van der Waals surface area contributed by atoms with Gasteiger partial charge in [-0.15, -0.1) is 0 Å². The van der Waals surface area contributed by atoms with Crippen LogP contribution >= 0.6 is 0 Å². The number of hydrogen-bond donors (Lipinski definition) is 3. The number of nitrogens with one attached hydrogen (secondary N) is 2. The zero-order valence-corrected chi connectivity index (χ0v) is 13.1. The van der Waals surface area contributed by atoms with Gasteiger partial charge < -0.3 is 20.5 Å². The minimum atomic E-state index is -0.960. The van der Waals surface area contributed by atoms with E-state index in [1.54, 1.807) is 12.1 Å². The van der Waals surface area contributed by atoms with Crippen molar-refractivity contribution >= 4 is 12.0 Å². The van der Waals surface area contributed by atoms with Crippen LogP contribution in [0.25, 0.3) is 0 Å². The lowest BCUT2D eigenvalue weighted by atomic mass is 10.1. The lowest BCUT2D eigenvalue weighted by Gasteiger charge is -2.09. The molecule has 0 radical (unpaired) electrons. The third-order valence-electron chi connectivity index (χ3n) is 2.96. The molecule has 1 rings (SSSR count). The van der Waals surface area contributed by atoms with Gasteiger partial charge in [-0.1, -0.05) is 12.1 Å². The van der Waals surface area contributed by atoms with Crippen molar-refractivity contribution in [3.63, 3.8) is 0 Å². The van der Waals surface area contributed by atoms with Crippen LogP contribution in [-0.2, 0) is 11.3 Å². The van der Waals surface area contributed by atoms with E-state index in [1.807, 2.05) is 13.8 Å². The number of amides is 2. The van der Waals surface area contributed by atoms with Crippen molar-refractivity contribution in [2.24, 2.45) is 0 Å². The lowest BCUT2D eigenvalue weighted by Crippen LogP contribution is -2.35. The molecule has 0 bridgehead atoms. The van der Waals surface area contributed by atoms with Crippen LogP contribution in [0.15, 0.2) is 24.3 Å². The number of carbonyl (C=O) groups is 2. The predicted octanol–water partition coefficient (Wildman–Crippen LogP) is 2.39. The average molecular weight is 308 g/mol. The molecule has 3 N–H and O–H groups in total. The summed E-state index contributed by atoms with van der Waals surface area (Å²) in [5.41, 5.74) is 1.09. The molecule has 6 nitrogen and oxygen atoms in total. The first-order valence-electron chi connectivity index (χ1n) is 7.44. The van der Waals surface area contributed by atoms with Crippen LogP contribution in [0.4, 0.5) is 4.79 Å². The summed E-state index contributed by atoms with van der Waals surface area (Å²) < 4.78 is 5.41. The molecule has 122 valence electrons. The topological polar surface area (TPSA) is 87.7 Å². The Labute approximate surface area is 130 Å². The van der Waals surface area contributed by atoms with Crippen LogP contribution in [0, 0.1) is 0 Å². The predicted molar refractivity (Wildman–Crippen MR) is 84.0 cm³/mol. The standard InChI is InChI=1S/C16H24N2O4/c1-12(2)22-10-4-3-9-17-16(21)18-11-13-5-7-14(8-6-13)15(19)20/h5-8,12H,3-4,9-11H2,1-2H3,(H,19,20)(H2,17,18,21). The zero-order chi connectivity index (χ0) is 16.4. The highest BCUT2D eigenvalue weighted by Gasteiger charge is 2.03. The molecule has 2 amide bonds. The van der Waals surface area contributed by atoms with Crippen LogP contribution in [-0.4, -0.2) is 36.4 Å². The second-order valence-electron chi connectivity index (χ2n) is 5.24. The first-order chi connectivity index (χ1) is 10.5. The number of aromatic carboxylic acids is 1. The third-order valence-corrected chi connectivity index (χ3v) is 2.96. The van der Waals surface area contributed by atoms with Crippen LogP contribution in [0.1, 0.15) is 42.6 Å². The third kappa shape index (κ3) is 7.64. The number of carboxylic acid groups (broad SMARTS) is 1. The Bertz CT molecular complexity index is 472. The molecule has 1 aromatic carbocycles. The van der Waals surface area contributed by atoms with Gasteiger partial charge >= 0.3 is 12.0 Å². The smallest absolute Gasteiger partial charge is 0.335 e. The summed E-state index contributed by atoms with van der Waals surface area (Å²) in [7, 11) is 0. The molecule has 0 unspecified atom stereocenters. The van der Waals surface area contributed by atoms with E-state index in [1.165, 1.54) is 12.1 Å². The maximum Gasteiger partial charge on any atom is 0.335 e. The van der Waals surface area contributed by atoms with E-state index in [0.717, 1.165) is 18.4 Å². The maximum atomic E-state index is 11.6. The molecule has 0 aliphatic rings. The Morgan fingerprint density at radius 2 is 1.82 bits per heavy atom. The van der Waals surface area contributed by atoms with E-state index < -0.39 is 5.97 Å². The molecule has 0 aliphatic carbocycles. The molecule has 0 fully saturated rings. The molecule has 22 heavy (non-hydrogen) atoms. The first-order valence-corrected chi connectivity index (χ1v) is 7.44. The van der Waals surface area contributed by atoms with Crippen molar-refractivity contribution in [2.75, 3.05) is 13.2 Å². The zero-order valence-electron chi connectivity index (χ0n) is 13.1. The molecular weight excluding hydrogens is 284 g/mol. The number of carboxylic acids is 1. The summed E-state index contributed by atoms with van der Waals surface area (Å²) in [5.74, 6) is -0.960. The minimum Gasteiger partial charge on any atom is -0.478 e. The van der Waals surface area contributed by atoms with Crippen LogP contribution in [0.2, 0.25) is 0 Å². The number of carbonyl (C=O) groups excluding carboxylic acids is 1. The molecule has 0 saturated heterocycles. The Kier molecular flexibility index (Phi) is 7.99. The van der Waals surface area contributed by atoms with Crippen molar-refractivity contribution in [1.82, 2.24) is 10.6 Å². The largest absolute Gasteiger partial charge is 0.478 e. The summed E-state index contributed by atoms with van der Waals surface area (Å²) in [4.78, 5) is 22.3. The van der Waals surface area contributed by atoms with Crippen molar-refractivity contribution in [1.29, 1.82) is 0 Å². The second-order valence-corrected chi connectivity index (χ2v) is 5.24. The van der Waals surface area contributed by atoms with Crippen molar-refractivity contribution < 1.29 is 19.4 Å². The van der Waals surface area contributed by atoms with Gasteiger partial charge in [-0.3, -0.25) is 0 Å². The van der Waals surface area contributed by atoms with Gasteiger partial charge in [0.1, 0.15) is 0 Å². The number of urea groups is 1. The Balaban J connectivity index is 2.14. The van der Waals surface area contributed by atoms with Gasteiger partial charge in [0.2, 0.25) is 0 Å². The van der Waals surface area contributed by atoms with E-state index in [0.29, 0.717) is 19.7 Å². The van der Waals surface area contributed by atoms with Crippen LogP contribution in [0.5, 0.6) is 0 Å². The summed E-state index contributed by atoms with van der Waals surface area (Å²) >= 11 is 0. The SMILES string of the molecule is CC(C)OCCCCNC(=O)NCc1ccc(C(=O)O)cc1. The van der Waals surface area contributed by atoms with Gasteiger partial charge in [0.25, 0.3) is 0 Å². The van der Waals surface area contributed by atoms with E-state index in [-0.39, 0.29) is 17.7 Å². The molecule has 0 aromatic heterocycles. The van der Waals surface area contributed by atoms with E-state index in [4.69, 9.17) is 9.84 Å². The number of rotatable bonds is 9. The van der Waals surface area contributed by atoms with Crippen molar-refractivity contribution in [3.8, 4) is 0 Å². The number of ether oxygens (including phenoxy) is 1. The van der Waals surface area contributed by atoms with E-state index in [9.17, 15) is 9.59 Å². The highest BCUT2D eigenvalue weighted by Crippen LogP contribution is 2.04. The fraction of sp³-hybridized carbons (Fsp3) is 0.500. The van der Waals surface area contributed by atoms with Gasteiger partial charge in [-0.05, 0) is 44.4 Å². The molecule has 1 aromatic rings. The molecular formula is C16H24N2O4. The van der Waals surface area contributed by atoms with Gasteiger partial charge in [-0.2, -0.15) is 0 Å². The molecule has 6 heteroatoms. The molecule has 0 heterocycles. The summed E-state index contributed by atoms with van der Waals surface area (Å²) in [5, 5.41) is 14.3. The maximum absolute atomic E-state index is 11.6. The Morgan fingerprint density at radius 3 is 2.41 bits per heavy atom. The van der Waals surface area contributed by atoms with Gasteiger partial charge in [0.05, 0.1) is 11.7 Å². The average Bonchev–Trinajstić information content (AvgIpc) is 2.48. The highest BCUT2D eigenvalue weighted by atomic mass is 16.5. The molecule has 0 aliphatic heterocycles. The number of benzene rings is 1. The minimum absolute atomic E-state index is 0.230. The van der Waals surface area contributed by atoms with Crippen molar-refractivity contribution in [3.05, 3.63) is 35.4 Å². The molecule has 0 saturated carbocycles. The lowest BCUT2D eigenvalue weighted by molar-refractivity contribution is 0.0696.